The summed E-state index contributed by atoms with van der Waals surface area (Å²) in [5, 5.41) is 0. The molecule has 0 N–H and O–H groups in total. The van der Waals surface area contributed by atoms with Gasteiger partial charge in [0, 0.05) is 0 Å². The van der Waals surface area contributed by atoms with Crippen LogP contribution in [0.5, 0.6) is 0 Å². The fourth-order valence-electron chi connectivity index (χ4n) is 1.60. The maximum absolute atomic E-state index is 3.86. The molecule has 2 radical (unpaired) electrons. The van der Waals surface area contributed by atoms with E-state index in [2.05, 4.69) is 32.9 Å². The molecule has 0 aliphatic heterocycles. The van der Waals surface area contributed by atoms with Gasteiger partial charge >= 0.3 is 0 Å². The Kier molecular flexibility index (Phi) is 10.6. The number of hydrogen-bond donors (Lipinski definition) is 0. The lowest BCUT2D eigenvalue weighted by molar-refractivity contribution is 0.520. The monoisotopic (exact) mass is 194 g/mol. The predicted octanol–water partition coefficient (Wildman–Crippen LogP) is 4.97. The lowest BCUT2D eigenvalue weighted by Gasteiger charge is -2.09. The molecule has 0 saturated heterocycles. The molecule has 82 valence electrons. The van der Waals surface area contributed by atoms with Crippen molar-refractivity contribution in [2.45, 2.75) is 58.3 Å². The van der Waals surface area contributed by atoms with Crippen LogP contribution in [0.2, 0.25) is 0 Å². The Morgan fingerprint density at radius 1 is 1.07 bits per heavy atom. The van der Waals surface area contributed by atoms with Crippen LogP contribution in [0, 0.1) is 19.8 Å². The van der Waals surface area contributed by atoms with Crippen molar-refractivity contribution >= 4 is 0 Å². The van der Waals surface area contributed by atoms with Crippen LogP contribution in [0.15, 0.2) is 12.2 Å². The second kappa shape index (κ2) is 10.8. The third-order valence-corrected chi connectivity index (χ3v) is 2.63. The molecule has 0 aromatic heterocycles. The number of allylic oxidation sites excluding steroid dienone is 2. The van der Waals surface area contributed by atoms with E-state index in [1.165, 1.54) is 32.1 Å². The van der Waals surface area contributed by atoms with Crippen molar-refractivity contribution in [3.8, 4) is 0 Å². The molecular formula is C14H26. The molecule has 0 aliphatic rings. The normalized spacial score (nSPS) is 13.6. The second-order valence-corrected chi connectivity index (χ2v) is 3.94. The molecular weight excluding hydrogens is 168 g/mol. The van der Waals surface area contributed by atoms with Gasteiger partial charge in [0.2, 0.25) is 0 Å². The first-order chi connectivity index (χ1) is 6.85. The molecule has 0 bridgehead atoms. The first kappa shape index (κ1) is 13.7. The quantitative estimate of drug-likeness (QED) is 0.359. The van der Waals surface area contributed by atoms with Gasteiger partial charge < -0.3 is 0 Å². The van der Waals surface area contributed by atoms with Crippen LogP contribution in [0.1, 0.15) is 58.3 Å². The predicted molar refractivity (Wildman–Crippen MR) is 66.0 cm³/mol. The van der Waals surface area contributed by atoms with Crippen molar-refractivity contribution < 1.29 is 0 Å². The van der Waals surface area contributed by atoms with Gasteiger partial charge in [-0.25, -0.2) is 0 Å². The molecule has 0 amide bonds. The fourth-order valence-corrected chi connectivity index (χ4v) is 1.60. The van der Waals surface area contributed by atoms with Crippen LogP contribution >= 0.6 is 0 Å². The highest BCUT2D eigenvalue weighted by Gasteiger charge is 2.00. The Labute approximate surface area is 90.8 Å². The summed E-state index contributed by atoms with van der Waals surface area (Å²) in [7, 11) is 0. The first-order valence-corrected chi connectivity index (χ1v) is 6.10. The molecule has 0 aliphatic carbocycles. The minimum absolute atomic E-state index is 0.798. The number of hydrogen-bond acceptors (Lipinski definition) is 0. The van der Waals surface area contributed by atoms with Crippen molar-refractivity contribution in [3.63, 3.8) is 0 Å². The van der Waals surface area contributed by atoms with E-state index < -0.39 is 0 Å². The molecule has 0 nitrogen and oxygen atoms in total. The van der Waals surface area contributed by atoms with Crippen LogP contribution in [0.3, 0.4) is 0 Å². The molecule has 1 unspecified atom stereocenters. The summed E-state index contributed by atoms with van der Waals surface area (Å²) in [6, 6.07) is 0. The van der Waals surface area contributed by atoms with Gasteiger partial charge in [-0.2, -0.15) is 0 Å². The summed E-state index contributed by atoms with van der Waals surface area (Å²) in [5.41, 5.74) is 0. The largest absolute Gasteiger partial charge is 0.0883 e. The van der Waals surface area contributed by atoms with E-state index in [4.69, 9.17) is 0 Å². The Balaban J connectivity index is 3.47. The van der Waals surface area contributed by atoms with Crippen molar-refractivity contribution in [2.75, 3.05) is 0 Å². The molecule has 0 aromatic carbocycles. The molecule has 0 heterocycles. The zero-order valence-electron chi connectivity index (χ0n) is 9.80. The van der Waals surface area contributed by atoms with Gasteiger partial charge in [-0.05, 0) is 31.6 Å². The lowest BCUT2D eigenvalue weighted by atomic mass is 9.97. The molecule has 0 fully saturated rings. The molecule has 0 aromatic rings. The maximum atomic E-state index is 3.86. The van der Waals surface area contributed by atoms with Gasteiger partial charge in [-0.1, -0.05) is 58.6 Å². The van der Waals surface area contributed by atoms with Gasteiger partial charge in [-0.3, -0.25) is 0 Å². The minimum atomic E-state index is 0.798. The van der Waals surface area contributed by atoms with Gasteiger partial charge in [0.25, 0.3) is 0 Å². The fraction of sp³-hybridized carbons (Fsp3) is 0.714. The SMILES string of the molecule is [CH2]CC/C=C/C(CC)CCCCC[CH2]. The van der Waals surface area contributed by atoms with Crippen LogP contribution < -0.4 is 0 Å². The average Bonchev–Trinajstić information content (AvgIpc) is 2.22. The third kappa shape index (κ3) is 8.34. The van der Waals surface area contributed by atoms with Crippen LogP contribution in [-0.2, 0) is 0 Å². The molecule has 0 spiro atoms. The summed E-state index contributed by atoms with van der Waals surface area (Å²) < 4.78 is 0. The van der Waals surface area contributed by atoms with E-state index in [1.807, 2.05) is 0 Å². The smallest absolute Gasteiger partial charge is 0.0236 e. The van der Waals surface area contributed by atoms with E-state index in [9.17, 15) is 0 Å². The summed E-state index contributed by atoms with van der Waals surface area (Å²) in [5.74, 6) is 0.798. The highest BCUT2D eigenvalue weighted by Crippen LogP contribution is 2.15. The third-order valence-electron chi connectivity index (χ3n) is 2.63. The lowest BCUT2D eigenvalue weighted by Crippen LogP contribution is -1.94. The highest BCUT2D eigenvalue weighted by atomic mass is 14.1. The van der Waals surface area contributed by atoms with E-state index in [0.29, 0.717) is 0 Å². The Morgan fingerprint density at radius 3 is 2.43 bits per heavy atom. The zero-order chi connectivity index (χ0) is 10.6. The van der Waals surface area contributed by atoms with E-state index in [0.717, 1.165) is 25.2 Å². The zero-order valence-corrected chi connectivity index (χ0v) is 9.80. The topological polar surface area (TPSA) is 0 Å². The summed E-state index contributed by atoms with van der Waals surface area (Å²) in [6.45, 7) is 9.98. The molecule has 0 rings (SSSR count). The van der Waals surface area contributed by atoms with Gasteiger partial charge in [0.1, 0.15) is 0 Å². The van der Waals surface area contributed by atoms with Crippen LogP contribution in [0.4, 0.5) is 0 Å². The van der Waals surface area contributed by atoms with Crippen molar-refractivity contribution in [1.29, 1.82) is 0 Å². The van der Waals surface area contributed by atoms with Gasteiger partial charge in [0.15, 0.2) is 0 Å². The molecule has 0 heteroatoms. The van der Waals surface area contributed by atoms with Gasteiger partial charge in [-0.15, -0.1) is 0 Å². The van der Waals surface area contributed by atoms with Crippen molar-refractivity contribution in [2.24, 2.45) is 5.92 Å². The number of rotatable bonds is 9. The molecule has 14 heavy (non-hydrogen) atoms. The molecule has 0 saturated carbocycles. The van der Waals surface area contributed by atoms with Crippen LogP contribution in [0.25, 0.3) is 0 Å². The van der Waals surface area contributed by atoms with E-state index in [-0.39, 0.29) is 0 Å². The van der Waals surface area contributed by atoms with Crippen molar-refractivity contribution in [3.05, 3.63) is 26.0 Å². The van der Waals surface area contributed by atoms with Crippen molar-refractivity contribution in [1.82, 2.24) is 0 Å². The van der Waals surface area contributed by atoms with E-state index >= 15 is 0 Å². The van der Waals surface area contributed by atoms with Gasteiger partial charge in [0.05, 0.1) is 0 Å². The second-order valence-electron chi connectivity index (χ2n) is 3.94. The Morgan fingerprint density at radius 2 is 1.86 bits per heavy atom. The summed E-state index contributed by atoms with van der Waals surface area (Å²) in [6.07, 6.45) is 14.6. The Bertz CT molecular complexity index is 124. The summed E-state index contributed by atoms with van der Waals surface area (Å²) in [4.78, 5) is 0. The minimum Gasteiger partial charge on any atom is -0.0883 e. The first-order valence-electron chi connectivity index (χ1n) is 6.10. The highest BCUT2D eigenvalue weighted by molar-refractivity contribution is 4.87. The van der Waals surface area contributed by atoms with Crippen LogP contribution in [-0.4, -0.2) is 0 Å². The molecule has 1 atom stereocenters. The summed E-state index contributed by atoms with van der Waals surface area (Å²) >= 11 is 0. The number of unbranched alkanes of at least 4 members (excludes halogenated alkanes) is 4. The Hall–Kier alpha value is -0.260. The maximum Gasteiger partial charge on any atom is -0.0236 e. The average molecular weight is 194 g/mol. The standard InChI is InChI=1S/C14H26/c1-4-7-9-11-13-14(6-3)12-10-8-5-2/h10,12,14H,1-2,4-9,11,13H2,3H3/b12-10+. The van der Waals surface area contributed by atoms with E-state index in [1.54, 1.807) is 0 Å².